The van der Waals surface area contributed by atoms with Gasteiger partial charge in [0.15, 0.2) is 0 Å². The fourth-order valence-electron chi connectivity index (χ4n) is 3.69. The molecule has 2 aromatic heterocycles. The van der Waals surface area contributed by atoms with E-state index >= 15 is 0 Å². The summed E-state index contributed by atoms with van der Waals surface area (Å²) >= 11 is 0. The van der Waals surface area contributed by atoms with Gasteiger partial charge in [-0.3, -0.25) is 14.8 Å². The van der Waals surface area contributed by atoms with Crippen LogP contribution in [0.3, 0.4) is 0 Å². The minimum absolute atomic E-state index is 0.0214. The maximum absolute atomic E-state index is 12.0. The molecule has 2 heterocycles. The van der Waals surface area contributed by atoms with Crippen LogP contribution in [0.1, 0.15) is 34.5 Å². The molecule has 0 radical (unpaired) electrons. The molecule has 1 aromatic carbocycles. The Kier molecular flexibility index (Phi) is 3.45. The monoisotopic (exact) mass is 339 g/mol. The number of hydrogen-bond acceptors (Lipinski definition) is 5. The van der Waals surface area contributed by atoms with E-state index in [0.717, 1.165) is 30.2 Å². The van der Waals surface area contributed by atoms with E-state index in [1.165, 1.54) is 17.2 Å². The zero-order chi connectivity index (χ0) is 17.7. The molecule has 0 aliphatic heterocycles. The van der Waals surface area contributed by atoms with Gasteiger partial charge in [-0.2, -0.15) is 5.10 Å². The molecular formula is C18H17N3O4. The second-order valence-corrected chi connectivity index (χ2v) is 6.50. The molecule has 0 unspecified atom stereocenters. The van der Waals surface area contributed by atoms with Crippen LogP contribution in [0.15, 0.2) is 27.4 Å². The molecule has 128 valence electrons. The van der Waals surface area contributed by atoms with Gasteiger partial charge in [-0.15, -0.1) is 0 Å². The van der Waals surface area contributed by atoms with Crippen molar-refractivity contribution >= 4 is 16.7 Å². The normalized spacial score (nSPS) is 13.4. The topological polar surface area (TPSA) is 91.2 Å². The molecule has 0 fully saturated rings. The van der Waals surface area contributed by atoms with Crippen molar-refractivity contribution in [2.45, 2.75) is 39.7 Å². The Bertz CT molecular complexity index is 1080. The van der Waals surface area contributed by atoms with Crippen LogP contribution in [-0.4, -0.2) is 14.7 Å². The first-order chi connectivity index (χ1) is 11.9. The van der Waals surface area contributed by atoms with Crippen LogP contribution in [0.25, 0.3) is 11.0 Å². The summed E-state index contributed by atoms with van der Waals surface area (Å²) in [6.45, 7) is 3.58. The second-order valence-electron chi connectivity index (χ2n) is 6.50. The largest absolute Gasteiger partial charge is 0.423 e. The van der Waals surface area contributed by atoms with Crippen molar-refractivity contribution in [2.24, 2.45) is 0 Å². The zero-order valence-corrected chi connectivity index (χ0v) is 14.0. The van der Waals surface area contributed by atoms with E-state index in [1.807, 2.05) is 6.07 Å². The summed E-state index contributed by atoms with van der Waals surface area (Å²) in [6.07, 6.45) is 3.13. The van der Waals surface area contributed by atoms with Crippen LogP contribution >= 0.6 is 0 Å². The Morgan fingerprint density at radius 1 is 1.24 bits per heavy atom. The minimum atomic E-state index is -0.420. The quantitative estimate of drug-likeness (QED) is 0.415. The van der Waals surface area contributed by atoms with E-state index in [-0.39, 0.29) is 5.69 Å². The molecular weight excluding hydrogens is 322 g/mol. The standard InChI is InChI=1S/C18H17N3O4/c1-10-18(21(23)24)11(2)20(19-10)9-14-8-17(22)25-16-7-13-5-3-4-12(13)6-15(14)16/h6-8H,3-5,9H2,1-2H3. The first kappa shape index (κ1) is 15.6. The number of aromatic nitrogens is 2. The van der Waals surface area contributed by atoms with Crippen molar-refractivity contribution < 1.29 is 9.34 Å². The number of benzene rings is 1. The van der Waals surface area contributed by atoms with Gasteiger partial charge in [-0.05, 0) is 61.9 Å². The number of nitro groups is 1. The van der Waals surface area contributed by atoms with Crippen LogP contribution in [0, 0.1) is 24.0 Å². The molecule has 1 aliphatic carbocycles. The molecule has 0 saturated carbocycles. The second kappa shape index (κ2) is 5.54. The van der Waals surface area contributed by atoms with E-state index in [4.69, 9.17) is 4.42 Å². The summed E-state index contributed by atoms with van der Waals surface area (Å²) in [4.78, 5) is 22.7. The van der Waals surface area contributed by atoms with E-state index in [9.17, 15) is 14.9 Å². The van der Waals surface area contributed by atoms with Crippen molar-refractivity contribution in [1.82, 2.24) is 9.78 Å². The van der Waals surface area contributed by atoms with Crippen LogP contribution in [0.2, 0.25) is 0 Å². The van der Waals surface area contributed by atoms with Crippen LogP contribution in [-0.2, 0) is 19.4 Å². The fourth-order valence-corrected chi connectivity index (χ4v) is 3.69. The van der Waals surface area contributed by atoms with Crippen molar-refractivity contribution in [3.8, 4) is 0 Å². The summed E-state index contributed by atoms with van der Waals surface area (Å²) < 4.78 is 6.95. The maximum Gasteiger partial charge on any atom is 0.336 e. The Labute approximate surface area is 143 Å². The number of hydrogen-bond donors (Lipinski definition) is 0. The summed E-state index contributed by atoms with van der Waals surface area (Å²) in [5, 5.41) is 16.3. The SMILES string of the molecule is Cc1nn(Cc2cc(=O)oc3cc4c(cc23)CCC4)c(C)c1[N+](=O)[O-]. The highest BCUT2D eigenvalue weighted by Crippen LogP contribution is 2.29. The lowest BCUT2D eigenvalue weighted by atomic mass is 10.0. The lowest BCUT2D eigenvalue weighted by molar-refractivity contribution is -0.386. The van der Waals surface area contributed by atoms with Gasteiger partial charge >= 0.3 is 11.3 Å². The average molecular weight is 339 g/mol. The number of rotatable bonds is 3. The number of nitrogens with zero attached hydrogens (tertiary/aromatic N) is 3. The van der Waals surface area contributed by atoms with Gasteiger partial charge in [-0.25, -0.2) is 4.79 Å². The molecule has 0 spiro atoms. The molecule has 4 rings (SSSR count). The Hall–Kier alpha value is -2.96. The molecule has 7 nitrogen and oxygen atoms in total. The lowest BCUT2D eigenvalue weighted by Crippen LogP contribution is -2.09. The first-order valence-electron chi connectivity index (χ1n) is 8.21. The van der Waals surface area contributed by atoms with E-state index in [1.54, 1.807) is 18.5 Å². The predicted octanol–water partition coefficient (Wildman–Crippen LogP) is 3.05. The molecule has 0 atom stereocenters. The van der Waals surface area contributed by atoms with Crippen LogP contribution in [0.4, 0.5) is 5.69 Å². The Morgan fingerprint density at radius 3 is 2.64 bits per heavy atom. The molecule has 25 heavy (non-hydrogen) atoms. The molecule has 0 amide bonds. The Morgan fingerprint density at radius 2 is 1.96 bits per heavy atom. The third kappa shape index (κ3) is 2.52. The molecule has 0 saturated heterocycles. The Balaban J connectivity index is 1.86. The number of aryl methyl sites for hydroxylation is 3. The van der Waals surface area contributed by atoms with Crippen molar-refractivity contribution in [2.75, 3.05) is 0 Å². The van der Waals surface area contributed by atoms with Crippen molar-refractivity contribution in [1.29, 1.82) is 0 Å². The van der Waals surface area contributed by atoms with Gasteiger partial charge in [-0.1, -0.05) is 0 Å². The van der Waals surface area contributed by atoms with E-state index in [2.05, 4.69) is 11.2 Å². The van der Waals surface area contributed by atoms with Gasteiger partial charge < -0.3 is 4.42 Å². The van der Waals surface area contributed by atoms with Crippen LogP contribution < -0.4 is 5.63 Å². The average Bonchev–Trinajstić information content (AvgIpc) is 3.09. The smallest absolute Gasteiger partial charge is 0.336 e. The summed E-state index contributed by atoms with van der Waals surface area (Å²) in [7, 11) is 0. The van der Waals surface area contributed by atoms with Gasteiger partial charge in [0, 0.05) is 11.5 Å². The number of fused-ring (bicyclic) bond motifs is 2. The highest BCUT2D eigenvalue weighted by atomic mass is 16.6. The van der Waals surface area contributed by atoms with E-state index in [0.29, 0.717) is 23.5 Å². The first-order valence-corrected chi connectivity index (χ1v) is 8.21. The van der Waals surface area contributed by atoms with E-state index < -0.39 is 10.5 Å². The third-order valence-corrected chi connectivity index (χ3v) is 4.89. The maximum atomic E-state index is 12.0. The molecule has 0 bridgehead atoms. The highest BCUT2D eigenvalue weighted by Gasteiger charge is 2.22. The molecule has 1 aliphatic rings. The van der Waals surface area contributed by atoms with Crippen LogP contribution in [0.5, 0.6) is 0 Å². The van der Waals surface area contributed by atoms with Gasteiger partial charge in [0.2, 0.25) is 0 Å². The third-order valence-electron chi connectivity index (χ3n) is 4.89. The molecule has 0 N–H and O–H groups in total. The van der Waals surface area contributed by atoms with Gasteiger partial charge in [0.1, 0.15) is 17.0 Å². The van der Waals surface area contributed by atoms with Gasteiger partial charge in [0.25, 0.3) is 0 Å². The lowest BCUT2D eigenvalue weighted by Gasteiger charge is -2.09. The summed E-state index contributed by atoms with van der Waals surface area (Å²) in [5.74, 6) is 0. The highest BCUT2D eigenvalue weighted by molar-refractivity contribution is 5.82. The van der Waals surface area contributed by atoms with Gasteiger partial charge in [0.05, 0.1) is 11.5 Å². The molecule has 3 aromatic rings. The van der Waals surface area contributed by atoms with Crippen molar-refractivity contribution in [3.05, 3.63) is 66.8 Å². The van der Waals surface area contributed by atoms with Crippen molar-refractivity contribution in [3.63, 3.8) is 0 Å². The zero-order valence-electron chi connectivity index (χ0n) is 14.0. The summed E-state index contributed by atoms with van der Waals surface area (Å²) in [6, 6.07) is 5.48. The summed E-state index contributed by atoms with van der Waals surface area (Å²) in [5.41, 5.74) is 4.29. The minimum Gasteiger partial charge on any atom is -0.423 e. The predicted molar refractivity (Wildman–Crippen MR) is 92.0 cm³/mol. The fraction of sp³-hybridized carbons (Fsp3) is 0.333. The molecule has 7 heteroatoms.